The van der Waals surface area contributed by atoms with Crippen molar-refractivity contribution in [2.45, 2.75) is 81.1 Å². The molecule has 0 unspecified atom stereocenters. The topological polar surface area (TPSA) is 106 Å². The first kappa shape index (κ1) is 27.4. The number of ether oxygens (including phenoxy) is 3. The highest BCUT2D eigenvalue weighted by Gasteiger charge is 2.73. The van der Waals surface area contributed by atoms with E-state index in [1.165, 1.54) is 17.7 Å². The molecule has 2 aromatic carbocycles. The highest BCUT2D eigenvalue weighted by atomic mass is 16.6. The maximum Gasteiger partial charge on any atom is 0.415 e. The van der Waals surface area contributed by atoms with E-state index < -0.39 is 23.2 Å². The number of nitrogens with zero attached hydrogens (tertiary/aromatic N) is 2. The van der Waals surface area contributed by atoms with Gasteiger partial charge in [0.1, 0.15) is 6.61 Å². The largest absolute Gasteiger partial charge is 0.477 e. The lowest BCUT2D eigenvalue weighted by molar-refractivity contribution is -0.188. The third-order valence-corrected chi connectivity index (χ3v) is 10.2. The molecule has 5 aliphatic rings. The highest BCUT2D eigenvalue weighted by Crippen LogP contribution is 2.65. The maximum absolute atomic E-state index is 13.3. The van der Waals surface area contributed by atoms with Gasteiger partial charge in [-0.3, -0.25) is 14.5 Å². The molecule has 7 rings (SSSR count). The number of aliphatic hydroxyl groups is 1. The third kappa shape index (κ3) is 4.40. The highest BCUT2D eigenvalue weighted by molar-refractivity contribution is 5.90. The summed E-state index contributed by atoms with van der Waals surface area (Å²) >= 11 is 0. The van der Waals surface area contributed by atoms with Gasteiger partial charge in [-0.15, -0.1) is 0 Å². The molecule has 9 heteroatoms. The summed E-state index contributed by atoms with van der Waals surface area (Å²) in [7, 11) is 1.62. The van der Waals surface area contributed by atoms with E-state index >= 15 is 0 Å². The van der Waals surface area contributed by atoms with Crippen LogP contribution in [0.3, 0.4) is 0 Å². The first-order chi connectivity index (χ1) is 20.3. The lowest BCUT2D eigenvalue weighted by Gasteiger charge is -2.62. The Balaban J connectivity index is 1.04. The number of Topliss-reactive ketones (excluding diaryl/α,β-unsaturated/α-hetero) is 1. The summed E-state index contributed by atoms with van der Waals surface area (Å²) in [6.07, 6.45) is 3.80. The average molecular weight is 575 g/mol. The van der Waals surface area contributed by atoms with E-state index in [4.69, 9.17) is 14.2 Å². The first-order valence-electron chi connectivity index (χ1n) is 15.2. The first-order valence-corrected chi connectivity index (χ1v) is 15.2. The van der Waals surface area contributed by atoms with Crippen LogP contribution in [0.25, 0.3) is 0 Å². The number of rotatable bonds is 9. The Morgan fingerprint density at radius 1 is 1.14 bits per heavy atom. The Bertz CT molecular complexity index is 1410. The molecule has 42 heavy (non-hydrogen) atoms. The van der Waals surface area contributed by atoms with Gasteiger partial charge in [-0.1, -0.05) is 36.4 Å². The van der Waals surface area contributed by atoms with Crippen LogP contribution in [-0.2, 0) is 32.8 Å². The van der Waals surface area contributed by atoms with Crippen LogP contribution < -0.4 is 9.47 Å². The summed E-state index contributed by atoms with van der Waals surface area (Å²) in [6, 6.07) is 13.2. The molecular formula is C33H38N2O7. The Labute approximate surface area is 245 Å². The van der Waals surface area contributed by atoms with Gasteiger partial charge >= 0.3 is 12.1 Å². The van der Waals surface area contributed by atoms with Crippen LogP contribution in [0, 0.1) is 5.92 Å². The van der Waals surface area contributed by atoms with Crippen LogP contribution in [0.15, 0.2) is 42.5 Å². The van der Waals surface area contributed by atoms with Crippen molar-refractivity contribution in [3.05, 3.63) is 59.2 Å². The van der Waals surface area contributed by atoms with Crippen molar-refractivity contribution in [1.29, 1.82) is 0 Å². The predicted molar refractivity (Wildman–Crippen MR) is 152 cm³/mol. The molecule has 2 bridgehead atoms. The van der Waals surface area contributed by atoms with Gasteiger partial charge in [-0.25, -0.2) is 4.79 Å². The number of hydrogen-bond donors (Lipinski definition) is 1. The number of likely N-dealkylation sites (tertiary alicyclic amines) is 1. The summed E-state index contributed by atoms with van der Waals surface area (Å²) in [4.78, 5) is 42.4. The zero-order valence-electron chi connectivity index (χ0n) is 24.0. The van der Waals surface area contributed by atoms with E-state index in [1.807, 2.05) is 36.4 Å². The number of carbonyl (C=O) groups is 3. The van der Waals surface area contributed by atoms with E-state index in [1.54, 1.807) is 13.1 Å². The minimum Gasteiger partial charge on any atom is -0.477 e. The van der Waals surface area contributed by atoms with Crippen LogP contribution in [0.2, 0.25) is 0 Å². The van der Waals surface area contributed by atoms with Crippen LogP contribution in [0.5, 0.6) is 11.5 Å². The van der Waals surface area contributed by atoms with Crippen molar-refractivity contribution >= 4 is 17.8 Å². The lowest BCUT2D eigenvalue weighted by Crippen LogP contribution is -2.76. The standard InChI is InChI=1S/C33H38N2O7/c1-34(16-5-8-27(37)40-20-22-6-3-2-4-7-22)31(38)41-25-12-11-23-18-26-33(39)14-13-24(36)30-32(33,28(23)29(25)42-30)15-17-35(26)19-21-9-10-21/h2-4,6-7,11-12,21,26,30,39H,5,8-10,13-20H2,1H3/t26-,30+,32+,33-/m1/s1. The van der Waals surface area contributed by atoms with Gasteiger partial charge in [0.15, 0.2) is 23.4 Å². The van der Waals surface area contributed by atoms with Crippen molar-refractivity contribution in [3.8, 4) is 11.5 Å². The summed E-state index contributed by atoms with van der Waals surface area (Å²) < 4.78 is 17.5. The Kier molecular flexibility index (Phi) is 6.77. The van der Waals surface area contributed by atoms with E-state index in [0.29, 0.717) is 43.9 Å². The molecule has 3 fully saturated rings. The quantitative estimate of drug-likeness (QED) is 0.452. The Morgan fingerprint density at radius 2 is 1.95 bits per heavy atom. The molecule has 0 radical (unpaired) electrons. The predicted octanol–water partition coefficient (Wildman–Crippen LogP) is 3.77. The number of amides is 1. The summed E-state index contributed by atoms with van der Waals surface area (Å²) in [6.45, 7) is 2.34. The minimum absolute atomic E-state index is 0.00617. The van der Waals surface area contributed by atoms with E-state index in [-0.39, 0.29) is 43.0 Å². The van der Waals surface area contributed by atoms with Crippen LogP contribution in [0.4, 0.5) is 4.79 Å². The zero-order chi connectivity index (χ0) is 29.1. The fourth-order valence-corrected chi connectivity index (χ4v) is 7.87. The second-order valence-corrected chi connectivity index (χ2v) is 12.7. The molecule has 2 saturated carbocycles. The molecular weight excluding hydrogens is 536 g/mol. The SMILES string of the molecule is CN(CCCC(=O)OCc1ccccc1)C(=O)Oc1ccc2c3c1O[C@H]1C(=O)CC[C@@]4(O)[C@@H](C2)N(CC2CC2)CC[C@]314. The van der Waals surface area contributed by atoms with Crippen molar-refractivity contribution in [1.82, 2.24) is 9.80 Å². The van der Waals surface area contributed by atoms with Crippen molar-refractivity contribution < 1.29 is 33.7 Å². The minimum atomic E-state index is -1.06. The van der Waals surface area contributed by atoms with Gasteiger partial charge in [0, 0.05) is 44.6 Å². The van der Waals surface area contributed by atoms with Crippen LogP contribution >= 0.6 is 0 Å². The fraction of sp³-hybridized carbons (Fsp3) is 0.545. The number of carbonyl (C=O) groups excluding carboxylic acids is 3. The summed E-state index contributed by atoms with van der Waals surface area (Å²) in [5, 5.41) is 12.4. The molecule has 1 amide bonds. The molecule has 2 aromatic rings. The van der Waals surface area contributed by atoms with Crippen LogP contribution in [0.1, 0.15) is 61.6 Å². The maximum atomic E-state index is 13.3. The van der Waals surface area contributed by atoms with Crippen LogP contribution in [-0.4, -0.2) is 77.2 Å². The monoisotopic (exact) mass is 574 g/mol. The Hall–Kier alpha value is -3.43. The van der Waals surface area contributed by atoms with Gasteiger partial charge in [-0.05, 0) is 68.2 Å². The summed E-state index contributed by atoms with van der Waals surface area (Å²) in [5.41, 5.74) is 0.973. The van der Waals surface area contributed by atoms with Gasteiger partial charge in [0.2, 0.25) is 0 Å². The van der Waals surface area contributed by atoms with Gasteiger partial charge in [-0.2, -0.15) is 0 Å². The smallest absolute Gasteiger partial charge is 0.415 e. The molecule has 3 aliphatic carbocycles. The van der Waals surface area contributed by atoms with E-state index in [9.17, 15) is 19.5 Å². The molecule has 0 aromatic heterocycles. The number of ketones is 1. The normalized spacial score (nSPS) is 29.0. The van der Waals surface area contributed by atoms with Crippen molar-refractivity contribution in [2.75, 3.05) is 26.7 Å². The molecule has 4 atom stereocenters. The molecule has 1 spiro atoms. The van der Waals surface area contributed by atoms with Gasteiger partial charge in [0.05, 0.1) is 11.0 Å². The molecule has 2 heterocycles. The number of esters is 1. The van der Waals surface area contributed by atoms with Gasteiger partial charge < -0.3 is 24.2 Å². The second kappa shape index (κ2) is 10.4. The number of piperidine rings is 1. The average Bonchev–Trinajstić information content (AvgIpc) is 3.73. The van der Waals surface area contributed by atoms with E-state index in [2.05, 4.69) is 4.90 Å². The van der Waals surface area contributed by atoms with E-state index in [0.717, 1.165) is 29.8 Å². The number of benzene rings is 2. The Morgan fingerprint density at radius 3 is 2.74 bits per heavy atom. The van der Waals surface area contributed by atoms with Gasteiger partial charge in [0.25, 0.3) is 0 Å². The summed E-state index contributed by atoms with van der Waals surface area (Å²) in [5.74, 6) is 1.08. The molecule has 1 N–H and O–H groups in total. The zero-order valence-corrected chi connectivity index (χ0v) is 24.0. The fourth-order valence-electron chi connectivity index (χ4n) is 7.87. The van der Waals surface area contributed by atoms with Crippen molar-refractivity contribution in [3.63, 3.8) is 0 Å². The third-order valence-electron chi connectivity index (χ3n) is 10.2. The lowest BCUT2D eigenvalue weighted by atomic mass is 9.49. The molecule has 2 aliphatic heterocycles. The second-order valence-electron chi connectivity index (χ2n) is 12.7. The molecule has 222 valence electrons. The molecule has 9 nitrogen and oxygen atoms in total. The number of hydrogen-bond acceptors (Lipinski definition) is 8. The van der Waals surface area contributed by atoms with Crippen molar-refractivity contribution in [2.24, 2.45) is 5.92 Å². The molecule has 1 saturated heterocycles.